The van der Waals surface area contributed by atoms with Gasteiger partial charge in [0.25, 0.3) is 0 Å². The van der Waals surface area contributed by atoms with Crippen LogP contribution in [0.1, 0.15) is 26.2 Å². The zero-order chi connectivity index (χ0) is 20.6. The Hall–Kier alpha value is -3.39. The number of aromatic nitrogens is 1. The highest BCUT2D eigenvalue weighted by Crippen LogP contribution is 2.31. The highest BCUT2D eigenvalue weighted by molar-refractivity contribution is 5.76. The predicted octanol–water partition coefficient (Wildman–Crippen LogP) is 7.65. The van der Waals surface area contributed by atoms with Gasteiger partial charge in [-0.25, -0.2) is 4.98 Å². The molecule has 4 rings (SSSR count). The number of nitrogens with zero attached hydrogens (tertiary/aromatic N) is 1. The molecule has 3 aromatic carbocycles. The molecule has 0 atom stereocenters. The summed E-state index contributed by atoms with van der Waals surface area (Å²) in [5.41, 5.74) is 6.51. The predicted molar refractivity (Wildman–Crippen MR) is 126 cm³/mol. The summed E-state index contributed by atoms with van der Waals surface area (Å²) < 4.78 is 5.87. The number of unbranched alkanes of at least 4 members (excludes halogenated alkanes) is 2. The van der Waals surface area contributed by atoms with E-state index in [0.717, 1.165) is 52.4 Å². The molecule has 0 aliphatic heterocycles. The standard InChI is InChI=1S/C28H27NO/c1-2-3-10-19-30-26-17-15-22(16-18-26)25-20-27(23-11-6-4-7-12-23)29-28(21-25)24-13-8-5-9-14-24/h4-9,11-18,20-21H,2-3,10,19H2,1H3. The van der Waals surface area contributed by atoms with Crippen LogP contribution in [0.15, 0.2) is 97.1 Å². The quantitative estimate of drug-likeness (QED) is 0.287. The molecular weight excluding hydrogens is 366 g/mol. The Labute approximate surface area is 179 Å². The van der Waals surface area contributed by atoms with Crippen LogP contribution in [-0.2, 0) is 0 Å². The Morgan fingerprint density at radius 2 is 1.17 bits per heavy atom. The third kappa shape index (κ3) is 4.96. The summed E-state index contributed by atoms with van der Waals surface area (Å²) in [5, 5.41) is 0. The van der Waals surface area contributed by atoms with E-state index in [1.165, 1.54) is 12.8 Å². The van der Waals surface area contributed by atoms with E-state index in [0.29, 0.717) is 0 Å². The van der Waals surface area contributed by atoms with Crippen LogP contribution in [0.5, 0.6) is 5.75 Å². The van der Waals surface area contributed by atoms with Crippen molar-refractivity contribution in [3.05, 3.63) is 97.1 Å². The summed E-state index contributed by atoms with van der Waals surface area (Å²) in [7, 11) is 0. The van der Waals surface area contributed by atoms with E-state index in [9.17, 15) is 0 Å². The van der Waals surface area contributed by atoms with Gasteiger partial charge < -0.3 is 4.74 Å². The maximum Gasteiger partial charge on any atom is 0.119 e. The smallest absolute Gasteiger partial charge is 0.119 e. The van der Waals surface area contributed by atoms with Gasteiger partial charge in [0, 0.05) is 11.1 Å². The molecule has 0 saturated carbocycles. The molecule has 0 fully saturated rings. The van der Waals surface area contributed by atoms with Crippen LogP contribution in [0.25, 0.3) is 33.6 Å². The van der Waals surface area contributed by atoms with E-state index in [4.69, 9.17) is 9.72 Å². The first-order chi connectivity index (χ1) is 14.8. The van der Waals surface area contributed by atoms with Gasteiger partial charge in [-0.2, -0.15) is 0 Å². The molecule has 0 saturated heterocycles. The second-order valence-corrected chi connectivity index (χ2v) is 7.44. The molecule has 4 aromatic rings. The fourth-order valence-corrected chi connectivity index (χ4v) is 3.50. The first-order valence-corrected chi connectivity index (χ1v) is 10.7. The molecule has 30 heavy (non-hydrogen) atoms. The van der Waals surface area contributed by atoms with E-state index in [1.54, 1.807) is 0 Å². The van der Waals surface area contributed by atoms with Gasteiger partial charge in [-0.1, -0.05) is 92.6 Å². The molecule has 0 radical (unpaired) electrons. The summed E-state index contributed by atoms with van der Waals surface area (Å²) in [5.74, 6) is 0.926. The van der Waals surface area contributed by atoms with Crippen LogP contribution in [0.3, 0.4) is 0 Å². The molecule has 0 N–H and O–H groups in total. The summed E-state index contributed by atoms with van der Waals surface area (Å²) in [6.07, 6.45) is 3.51. The number of benzene rings is 3. The topological polar surface area (TPSA) is 22.1 Å². The Kier molecular flexibility index (Phi) is 6.56. The van der Waals surface area contributed by atoms with E-state index in [1.807, 2.05) is 12.1 Å². The molecule has 0 bridgehead atoms. The number of ether oxygens (including phenoxy) is 1. The minimum atomic E-state index is 0.777. The minimum absolute atomic E-state index is 0.777. The molecule has 2 heteroatoms. The minimum Gasteiger partial charge on any atom is -0.494 e. The van der Waals surface area contributed by atoms with Gasteiger partial charge in [0.05, 0.1) is 18.0 Å². The highest BCUT2D eigenvalue weighted by Gasteiger charge is 2.09. The largest absolute Gasteiger partial charge is 0.494 e. The lowest BCUT2D eigenvalue weighted by Gasteiger charge is -2.11. The van der Waals surface area contributed by atoms with E-state index in [-0.39, 0.29) is 0 Å². The summed E-state index contributed by atoms with van der Waals surface area (Å²) in [6, 6.07) is 33.4. The molecule has 0 unspecified atom stereocenters. The molecule has 1 heterocycles. The van der Waals surface area contributed by atoms with Crippen LogP contribution < -0.4 is 4.74 Å². The lowest BCUT2D eigenvalue weighted by atomic mass is 10.00. The molecule has 0 aliphatic rings. The van der Waals surface area contributed by atoms with Gasteiger partial charge in [-0.3, -0.25) is 0 Å². The molecule has 2 nitrogen and oxygen atoms in total. The van der Waals surface area contributed by atoms with Crippen molar-refractivity contribution < 1.29 is 4.74 Å². The Morgan fingerprint density at radius 1 is 0.600 bits per heavy atom. The fourth-order valence-electron chi connectivity index (χ4n) is 3.50. The average molecular weight is 394 g/mol. The second kappa shape index (κ2) is 9.89. The number of hydrogen-bond donors (Lipinski definition) is 0. The van der Waals surface area contributed by atoms with Crippen molar-refractivity contribution in [2.75, 3.05) is 6.61 Å². The molecular formula is C28H27NO. The zero-order valence-electron chi connectivity index (χ0n) is 17.4. The van der Waals surface area contributed by atoms with E-state index in [2.05, 4.69) is 91.9 Å². The van der Waals surface area contributed by atoms with Gasteiger partial charge in [0.1, 0.15) is 5.75 Å². The first kappa shape index (κ1) is 19.9. The van der Waals surface area contributed by atoms with Crippen molar-refractivity contribution in [2.45, 2.75) is 26.2 Å². The van der Waals surface area contributed by atoms with Gasteiger partial charge >= 0.3 is 0 Å². The van der Waals surface area contributed by atoms with Crippen LogP contribution >= 0.6 is 0 Å². The number of rotatable bonds is 8. The van der Waals surface area contributed by atoms with E-state index >= 15 is 0 Å². The molecule has 1 aromatic heterocycles. The lowest BCUT2D eigenvalue weighted by Crippen LogP contribution is -1.96. The van der Waals surface area contributed by atoms with Crippen molar-refractivity contribution in [3.8, 4) is 39.4 Å². The van der Waals surface area contributed by atoms with Crippen molar-refractivity contribution in [1.82, 2.24) is 4.98 Å². The van der Waals surface area contributed by atoms with Crippen molar-refractivity contribution >= 4 is 0 Å². The van der Waals surface area contributed by atoms with Gasteiger partial charge in [-0.05, 0) is 41.8 Å². The van der Waals surface area contributed by atoms with Gasteiger partial charge in [-0.15, -0.1) is 0 Å². The first-order valence-electron chi connectivity index (χ1n) is 10.7. The molecule has 0 spiro atoms. The monoisotopic (exact) mass is 393 g/mol. The maximum atomic E-state index is 5.87. The Bertz CT molecular complexity index is 999. The van der Waals surface area contributed by atoms with Crippen LogP contribution in [-0.4, -0.2) is 11.6 Å². The number of pyridine rings is 1. The summed E-state index contributed by atoms with van der Waals surface area (Å²) >= 11 is 0. The Balaban J connectivity index is 1.67. The third-order valence-electron chi connectivity index (χ3n) is 5.17. The van der Waals surface area contributed by atoms with E-state index < -0.39 is 0 Å². The average Bonchev–Trinajstić information content (AvgIpc) is 2.83. The summed E-state index contributed by atoms with van der Waals surface area (Å²) in [4.78, 5) is 4.95. The second-order valence-electron chi connectivity index (χ2n) is 7.44. The fraction of sp³-hybridized carbons (Fsp3) is 0.179. The Morgan fingerprint density at radius 3 is 1.70 bits per heavy atom. The van der Waals surface area contributed by atoms with Gasteiger partial charge in [0.2, 0.25) is 0 Å². The highest BCUT2D eigenvalue weighted by atomic mass is 16.5. The van der Waals surface area contributed by atoms with Crippen molar-refractivity contribution in [3.63, 3.8) is 0 Å². The molecule has 0 aliphatic carbocycles. The summed E-state index contributed by atoms with van der Waals surface area (Å²) in [6.45, 7) is 2.98. The van der Waals surface area contributed by atoms with Crippen molar-refractivity contribution in [2.24, 2.45) is 0 Å². The maximum absolute atomic E-state index is 5.87. The van der Waals surface area contributed by atoms with Crippen LogP contribution in [0.2, 0.25) is 0 Å². The molecule has 150 valence electrons. The zero-order valence-corrected chi connectivity index (χ0v) is 17.4. The molecule has 0 amide bonds. The van der Waals surface area contributed by atoms with Crippen molar-refractivity contribution in [1.29, 1.82) is 0 Å². The number of hydrogen-bond acceptors (Lipinski definition) is 2. The lowest BCUT2D eigenvalue weighted by molar-refractivity contribution is 0.306. The third-order valence-corrected chi connectivity index (χ3v) is 5.17. The van der Waals surface area contributed by atoms with Crippen LogP contribution in [0.4, 0.5) is 0 Å². The van der Waals surface area contributed by atoms with Gasteiger partial charge in [0.15, 0.2) is 0 Å². The SMILES string of the molecule is CCCCCOc1ccc(-c2cc(-c3ccccc3)nc(-c3ccccc3)c2)cc1. The van der Waals surface area contributed by atoms with Crippen LogP contribution in [0, 0.1) is 0 Å². The normalized spacial score (nSPS) is 10.7.